The number of benzene rings is 2. The zero-order chi connectivity index (χ0) is 18.5. The van der Waals surface area contributed by atoms with Crippen LogP contribution in [-0.2, 0) is 0 Å². The molecule has 0 saturated heterocycles. The summed E-state index contributed by atoms with van der Waals surface area (Å²) in [5.41, 5.74) is 2.14. The van der Waals surface area contributed by atoms with E-state index in [4.69, 9.17) is 4.74 Å². The second-order valence-corrected chi connectivity index (χ2v) is 8.01. The van der Waals surface area contributed by atoms with E-state index in [0.717, 1.165) is 39.7 Å². The minimum Gasteiger partial charge on any atom is -0.497 e. The molecular formula is C22H25N3OS. The molecule has 0 atom stereocenters. The average Bonchev–Trinajstić information content (AvgIpc) is 3.17. The van der Waals surface area contributed by atoms with Gasteiger partial charge in [0.2, 0.25) is 0 Å². The third-order valence-electron chi connectivity index (χ3n) is 5.17. The zero-order valence-electron chi connectivity index (χ0n) is 15.7. The Morgan fingerprint density at radius 3 is 2.41 bits per heavy atom. The smallest absolute Gasteiger partial charge is 0.196 e. The molecule has 0 radical (unpaired) electrons. The van der Waals surface area contributed by atoms with Crippen LogP contribution in [0.25, 0.3) is 17.1 Å². The van der Waals surface area contributed by atoms with E-state index in [1.807, 2.05) is 42.1 Å². The van der Waals surface area contributed by atoms with Gasteiger partial charge in [-0.3, -0.25) is 4.57 Å². The Morgan fingerprint density at radius 1 is 0.963 bits per heavy atom. The van der Waals surface area contributed by atoms with Gasteiger partial charge in [-0.2, -0.15) is 0 Å². The molecule has 3 aromatic rings. The van der Waals surface area contributed by atoms with E-state index >= 15 is 0 Å². The molecule has 0 amide bonds. The Labute approximate surface area is 165 Å². The molecule has 27 heavy (non-hydrogen) atoms. The third kappa shape index (κ3) is 4.19. The molecule has 4 nitrogen and oxygen atoms in total. The molecule has 0 spiro atoms. The fraction of sp³-hybridized carbons (Fsp3) is 0.364. The summed E-state index contributed by atoms with van der Waals surface area (Å²) >= 11 is 1.84. The van der Waals surface area contributed by atoms with Gasteiger partial charge in [-0.15, -0.1) is 10.2 Å². The molecule has 1 heterocycles. The second kappa shape index (κ2) is 8.61. The van der Waals surface area contributed by atoms with E-state index in [9.17, 15) is 0 Å². The summed E-state index contributed by atoms with van der Waals surface area (Å²) in [4.78, 5) is 0. The van der Waals surface area contributed by atoms with Gasteiger partial charge in [0.05, 0.1) is 7.11 Å². The van der Waals surface area contributed by atoms with E-state index in [0.29, 0.717) is 0 Å². The van der Waals surface area contributed by atoms with Gasteiger partial charge in [-0.05, 0) is 55.2 Å². The molecule has 1 saturated carbocycles. The minimum atomic E-state index is 0.800. The number of para-hydroxylation sites is 1. The fourth-order valence-corrected chi connectivity index (χ4v) is 4.78. The summed E-state index contributed by atoms with van der Waals surface area (Å²) in [6.07, 6.45) is 6.82. The predicted molar refractivity (Wildman–Crippen MR) is 111 cm³/mol. The molecule has 4 rings (SSSR count). The van der Waals surface area contributed by atoms with Crippen molar-refractivity contribution >= 4 is 11.8 Å². The molecular weight excluding hydrogens is 354 g/mol. The van der Waals surface area contributed by atoms with Gasteiger partial charge in [0.25, 0.3) is 0 Å². The van der Waals surface area contributed by atoms with Crippen molar-refractivity contribution in [1.82, 2.24) is 14.8 Å². The number of methoxy groups -OCH3 is 1. The lowest BCUT2D eigenvalue weighted by Gasteiger charge is -2.20. The Bertz CT molecular complexity index is 855. The van der Waals surface area contributed by atoms with E-state index in [1.165, 1.54) is 32.1 Å². The van der Waals surface area contributed by atoms with Crippen molar-refractivity contribution in [2.45, 2.75) is 37.3 Å². The van der Waals surface area contributed by atoms with Gasteiger partial charge < -0.3 is 4.74 Å². The highest BCUT2D eigenvalue weighted by Crippen LogP contribution is 2.33. The molecule has 140 valence electrons. The van der Waals surface area contributed by atoms with Gasteiger partial charge in [-0.1, -0.05) is 49.2 Å². The normalized spacial score (nSPS) is 15.0. The molecule has 1 aliphatic rings. The van der Waals surface area contributed by atoms with Gasteiger partial charge in [-0.25, -0.2) is 0 Å². The first-order valence-corrected chi connectivity index (χ1v) is 10.6. The summed E-state index contributed by atoms with van der Waals surface area (Å²) in [6.45, 7) is 0. The summed E-state index contributed by atoms with van der Waals surface area (Å²) in [5, 5.41) is 10.0. The van der Waals surface area contributed by atoms with Crippen LogP contribution in [0.15, 0.2) is 59.8 Å². The van der Waals surface area contributed by atoms with Crippen molar-refractivity contribution < 1.29 is 4.74 Å². The van der Waals surface area contributed by atoms with Crippen molar-refractivity contribution in [3.05, 3.63) is 54.6 Å². The molecule has 5 heteroatoms. The number of aromatic nitrogens is 3. The van der Waals surface area contributed by atoms with Gasteiger partial charge in [0, 0.05) is 17.0 Å². The van der Waals surface area contributed by atoms with Crippen molar-refractivity contribution in [1.29, 1.82) is 0 Å². The summed E-state index contributed by atoms with van der Waals surface area (Å²) in [5.74, 6) is 3.63. The summed E-state index contributed by atoms with van der Waals surface area (Å²) in [6, 6.07) is 18.4. The minimum absolute atomic E-state index is 0.800. The van der Waals surface area contributed by atoms with Crippen molar-refractivity contribution in [3.63, 3.8) is 0 Å². The Kier molecular flexibility index (Phi) is 5.78. The highest BCUT2D eigenvalue weighted by molar-refractivity contribution is 7.99. The first kappa shape index (κ1) is 18.1. The van der Waals surface area contributed by atoms with Gasteiger partial charge >= 0.3 is 0 Å². The quantitative estimate of drug-likeness (QED) is 0.522. The van der Waals surface area contributed by atoms with Crippen LogP contribution in [0.5, 0.6) is 5.75 Å². The number of ether oxygens (including phenoxy) is 1. The number of nitrogens with zero attached hydrogens (tertiary/aromatic N) is 3. The van der Waals surface area contributed by atoms with Crippen molar-refractivity contribution in [2.24, 2.45) is 5.92 Å². The monoisotopic (exact) mass is 379 g/mol. The number of thioether (sulfide) groups is 1. The van der Waals surface area contributed by atoms with E-state index in [2.05, 4.69) is 39.0 Å². The van der Waals surface area contributed by atoms with Crippen LogP contribution in [0.3, 0.4) is 0 Å². The first-order valence-electron chi connectivity index (χ1n) is 9.63. The highest BCUT2D eigenvalue weighted by Gasteiger charge is 2.19. The van der Waals surface area contributed by atoms with Gasteiger partial charge in [0.15, 0.2) is 11.0 Å². The zero-order valence-corrected chi connectivity index (χ0v) is 16.5. The first-order chi connectivity index (χ1) is 13.3. The second-order valence-electron chi connectivity index (χ2n) is 7.02. The molecule has 2 aromatic carbocycles. The van der Waals surface area contributed by atoms with E-state index < -0.39 is 0 Å². The van der Waals surface area contributed by atoms with Crippen LogP contribution < -0.4 is 4.74 Å². The van der Waals surface area contributed by atoms with E-state index in [1.54, 1.807) is 7.11 Å². The van der Waals surface area contributed by atoms with Crippen LogP contribution in [0.1, 0.15) is 32.1 Å². The Balaban J connectivity index is 1.65. The molecule has 1 fully saturated rings. The largest absolute Gasteiger partial charge is 0.497 e. The maximum atomic E-state index is 5.28. The lowest BCUT2D eigenvalue weighted by molar-refractivity contribution is 0.390. The SMILES string of the molecule is COc1ccc(-c2nnc(SCC3CCCCC3)n2-c2ccccc2)cc1. The molecule has 0 bridgehead atoms. The predicted octanol–water partition coefficient (Wildman–Crippen LogP) is 5.62. The average molecular weight is 380 g/mol. The number of rotatable bonds is 6. The number of hydrogen-bond donors (Lipinski definition) is 0. The molecule has 1 aliphatic carbocycles. The fourth-order valence-electron chi connectivity index (χ4n) is 3.65. The van der Waals surface area contributed by atoms with E-state index in [-0.39, 0.29) is 0 Å². The van der Waals surface area contributed by atoms with Crippen LogP contribution >= 0.6 is 11.8 Å². The molecule has 1 aromatic heterocycles. The van der Waals surface area contributed by atoms with Crippen LogP contribution in [0.2, 0.25) is 0 Å². The summed E-state index contributed by atoms with van der Waals surface area (Å²) in [7, 11) is 1.68. The van der Waals surface area contributed by atoms with Crippen molar-refractivity contribution in [3.8, 4) is 22.8 Å². The molecule has 0 aliphatic heterocycles. The van der Waals surface area contributed by atoms with Gasteiger partial charge in [0.1, 0.15) is 5.75 Å². The maximum absolute atomic E-state index is 5.28. The van der Waals surface area contributed by atoms with Crippen LogP contribution in [0, 0.1) is 5.92 Å². The highest BCUT2D eigenvalue weighted by atomic mass is 32.2. The van der Waals surface area contributed by atoms with Crippen LogP contribution in [0.4, 0.5) is 0 Å². The number of hydrogen-bond acceptors (Lipinski definition) is 4. The van der Waals surface area contributed by atoms with Crippen molar-refractivity contribution in [2.75, 3.05) is 12.9 Å². The molecule has 0 unspecified atom stereocenters. The van der Waals surface area contributed by atoms with Crippen LogP contribution in [-0.4, -0.2) is 27.6 Å². The lowest BCUT2D eigenvalue weighted by atomic mass is 9.91. The summed E-state index contributed by atoms with van der Waals surface area (Å²) < 4.78 is 7.46. The standard InChI is InChI=1S/C22H25N3OS/c1-26-20-14-12-18(13-15-20)21-23-24-22(25(21)19-10-6-3-7-11-19)27-16-17-8-4-2-5-9-17/h3,6-7,10-15,17H,2,4-5,8-9,16H2,1H3. The Hall–Kier alpha value is -2.27. The maximum Gasteiger partial charge on any atom is 0.196 e. The molecule has 0 N–H and O–H groups in total. The lowest BCUT2D eigenvalue weighted by Crippen LogP contribution is -2.09. The topological polar surface area (TPSA) is 39.9 Å². The Morgan fingerprint density at radius 2 is 1.70 bits per heavy atom. The third-order valence-corrected chi connectivity index (χ3v) is 6.33.